The zero-order valence-electron chi connectivity index (χ0n) is 11.3. The minimum absolute atomic E-state index is 0.209. The van der Waals surface area contributed by atoms with Gasteiger partial charge in [0.2, 0.25) is 0 Å². The molecule has 1 fully saturated rings. The van der Waals surface area contributed by atoms with Gasteiger partial charge < -0.3 is 9.47 Å². The lowest BCUT2D eigenvalue weighted by atomic mass is 9.66. The average molecular weight is 231 g/mol. The molecule has 0 radical (unpaired) electrons. The molecule has 0 aliphatic carbocycles. The monoisotopic (exact) mass is 231 g/mol. The lowest BCUT2D eigenvalue weighted by Crippen LogP contribution is -2.38. The van der Waals surface area contributed by atoms with Crippen LogP contribution >= 0.6 is 0 Å². The zero-order valence-corrected chi connectivity index (χ0v) is 11.3. The SMILES string of the molecule is CCC(C)B1O[C@H](c2ccccc2)[C@H](C)N1C. The largest absolute Gasteiger partial charge is 0.412 e. The summed E-state index contributed by atoms with van der Waals surface area (Å²) >= 11 is 0. The van der Waals surface area contributed by atoms with Crippen molar-refractivity contribution >= 4 is 7.05 Å². The standard InChI is InChI=1S/C14H22BNO/c1-5-11(2)15-16(4)12(3)14(17-15)13-9-7-6-8-10-13/h6-12,14H,5H2,1-4H3/t11?,12-,14-/m0/s1. The van der Waals surface area contributed by atoms with Gasteiger partial charge >= 0.3 is 7.05 Å². The number of rotatable bonds is 3. The fourth-order valence-electron chi connectivity index (χ4n) is 2.54. The first-order chi connectivity index (χ1) is 8.15. The van der Waals surface area contributed by atoms with Crippen LogP contribution in [-0.2, 0) is 4.65 Å². The van der Waals surface area contributed by atoms with Crippen molar-refractivity contribution in [3.05, 3.63) is 35.9 Å². The van der Waals surface area contributed by atoms with Crippen LogP contribution in [0.1, 0.15) is 38.9 Å². The van der Waals surface area contributed by atoms with Gasteiger partial charge in [-0.3, -0.25) is 0 Å². The third-order valence-electron chi connectivity index (χ3n) is 4.03. The quantitative estimate of drug-likeness (QED) is 0.739. The van der Waals surface area contributed by atoms with Crippen molar-refractivity contribution < 1.29 is 4.65 Å². The number of hydrogen-bond donors (Lipinski definition) is 0. The molecular weight excluding hydrogens is 209 g/mol. The molecule has 17 heavy (non-hydrogen) atoms. The fourth-order valence-corrected chi connectivity index (χ4v) is 2.54. The molecule has 1 unspecified atom stereocenters. The molecule has 2 nitrogen and oxygen atoms in total. The summed E-state index contributed by atoms with van der Waals surface area (Å²) in [6, 6.07) is 11.0. The van der Waals surface area contributed by atoms with Crippen LogP contribution in [0.25, 0.3) is 0 Å². The van der Waals surface area contributed by atoms with Gasteiger partial charge in [-0.05, 0) is 25.4 Å². The molecular formula is C14H22BNO. The van der Waals surface area contributed by atoms with E-state index in [1.54, 1.807) is 0 Å². The maximum Gasteiger partial charge on any atom is 0.386 e. The second-order valence-electron chi connectivity index (χ2n) is 5.15. The molecule has 1 aromatic rings. The molecule has 1 aliphatic rings. The van der Waals surface area contributed by atoms with Crippen LogP contribution in [0.2, 0.25) is 5.82 Å². The second kappa shape index (κ2) is 5.24. The number of hydrogen-bond acceptors (Lipinski definition) is 2. The molecule has 0 saturated carbocycles. The molecule has 0 spiro atoms. The minimum Gasteiger partial charge on any atom is -0.412 e. The molecule has 1 heterocycles. The van der Waals surface area contributed by atoms with E-state index in [4.69, 9.17) is 4.65 Å². The van der Waals surface area contributed by atoms with Crippen LogP contribution in [0.5, 0.6) is 0 Å². The molecule has 3 atom stereocenters. The Hall–Kier alpha value is -0.795. The highest BCUT2D eigenvalue weighted by atomic mass is 16.5. The summed E-state index contributed by atoms with van der Waals surface area (Å²) in [6.45, 7) is 6.74. The lowest BCUT2D eigenvalue weighted by molar-refractivity contribution is 0.207. The number of nitrogens with zero attached hydrogens (tertiary/aromatic N) is 1. The maximum atomic E-state index is 6.25. The molecule has 2 rings (SSSR count). The van der Waals surface area contributed by atoms with Crippen molar-refractivity contribution in [3.63, 3.8) is 0 Å². The fraction of sp³-hybridized carbons (Fsp3) is 0.571. The summed E-state index contributed by atoms with van der Waals surface area (Å²) in [5, 5.41) is 0. The van der Waals surface area contributed by atoms with Gasteiger partial charge in [-0.15, -0.1) is 0 Å². The van der Waals surface area contributed by atoms with E-state index in [0.717, 1.165) is 6.42 Å². The topological polar surface area (TPSA) is 12.5 Å². The summed E-state index contributed by atoms with van der Waals surface area (Å²) in [7, 11) is 2.42. The van der Waals surface area contributed by atoms with Gasteiger partial charge in [0.1, 0.15) is 0 Å². The Morgan fingerprint density at radius 2 is 2.00 bits per heavy atom. The molecule has 92 valence electrons. The normalized spacial score (nSPS) is 27.4. The Kier molecular flexibility index (Phi) is 3.90. The van der Waals surface area contributed by atoms with E-state index in [1.807, 2.05) is 0 Å². The van der Waals surface area contributed by atoms with Gasteiger partial charge in [0, 0.05) is 6.04 Å². The Morgan fingerprint density at radius 3 is 2.59 bits per heavy atom. The van der Waals surface area contributed by atoms with E-state index >= 15 is 0 Å². The van der Waals surface area contributed by atoms with Crippen LogP contribution < -0.4 is 0 Å². The van der Waals surface area contributed by atoms with Gasteiger partial charge in [-0.1, -0.05) is 50.6 Å². The number of likely N-dealkylation sites (N-methyl/N-ethyl adjacent to an activating group) is 1. The smallest absolute Gasteiger partial charge is 0.386 e. The Bertz CT molecular complexity index is 356. The van der Waals surface area contributed by atoms with Crippen LogP contribution in [0.4, 0.5) is 0 Å². The third-order valence-corrected chi connectivity index (χ3v) is 4.03. The van der Waals surface area contributed by atoms with E-state index in [9.17, 15) is 0 Å². The highest BCUT2D eigenvalue weighted by molar-refractivity contribution is 6.51. The predicted octanol–water partition coefficient (Wildman–Crippen LogP) is 3.37. The minimum atomic E-state index is 0.209. The van der Waals surface area contributed by atoms with E-state index in [1.165, 1.54) is 5.56 Å². The molecule has 3 heteroatoms. The Labute approximate surface area is 105 Å². The van der Waals surface area contributed by atoms with Crippen LogP contribution in [0.15, 0.2) is 30.3 Å². The highest BCUT2D eigenvalue weighted by Crippen LogP contribution is 2.36. The lowest BCUT2D eigenvalue weighted by Gasteiger charge is -2.22. The second-order valence-corrected chi connectivity index (χ2v) is 5.15. The van der Waals surface area contributed by atoms with E-state index in [-0.39, 0.29) is 13.2 Å². The summed E-state index contributed by atoms with van der Waals surface area (Å²) in [6.07, 6.45) is 1.36. The van der Waals surface area contributed by atoms with E-state index in [0.29, 0.717) is 11.9 Å². The van der Waals surface area contributed by atoms with Crippen molar-refractivity contribution in [2.75, 3.05) is 7.05 Å². The van der Waals surface area contributed by atoms with Gasteiger partial charge in [-0.2, -0.15) is 0 Å². The third kappa shape index (κ3) is 2.40. The van der Waals surface area contributed by atoms with Crippen molar-refractivity contribution in [1.29, 1.82) is 0 Å². The average Bonchev–Trinajstić information content (AvgIpc) is 2.67. The van der Waals surface area contributed by atoms with Crippen LogP contribution in [-0.4, -0.2) is 25.0 Å². The summed E-state index contributed by atoms with van der Waals surface area (Å²) in [5.74, 6) is 0.580. The predicted molar refractivity (Wildman–Crippen MR) is 73.0 cm³/mol. The van der Waals surface area contributed by atoms with E-state index < -0.39 is 0 Å². The molecule has 0 bridgehead atoms. The van der Waals surface area contributed by atoms with Gasteiger partial charge in [0.15, 0.2) is 0 Å². The maximum absolute atomic E-state index is 6.25. The first-order valence-electron chi connectivity index (χ1n) is 6.57. The molecule has 0 N–H and O–H groups in total. The van der Waals surface area contributed by atoms with E-state index in [2.05, 4.69) is 63.0 Å². The molecule has 1 saturated heterocycles. The Morgan fingerprint density at radius 1 is 1.35 bits per heavy atom. The van der Waals surface area contributed by atoms with Gasteiger partial charge in [0.05, 0.1) is 6.10 Å². The summed E-state index contributed by atoms with van der Waals surface area (Å²) in [4.78, 5) is 2.37. The molecule has 1 aromatic carbocycles. The Balaban J connectivity index is 2.17. The zero-order chi connectivity index (χ0) is 12.4. The van der Waals surface area contributed by atoms with Crippen molar-refractivity contribution in [2.24, 2.45) is 0 Å². The first kappa shape index (κ1) is 12.7. The first-order valence-corrected chi connectivity index (χ1v) is 6.57. The van der Waals surface area contributed by atoms with Crippen molar-refractivity contribution in [1.82, 2.24) is 4.81 Å². The van der Waals surface area contributed by atoms with Crippen molar-refractivity contribution in [2.45, 2.75) is 45.2 Å². The molecule has 0 amide bonds. The van der Waals surface area contributed by atoms with Crippen LogP contribution in [0, 0.1) is 0 Å². The molecule has 0 aromatic heterocycles. The van der Waals surface area contributed by atoms with Crippen molar-refractivity contribution in [3.8, 4) is 0 Å². The molecule has 1 aliphatic heterocycles. The van der Waals surface area contributed by atoms with Gasteiger partial charge in [-0.25, -0.2) is 0 Å². The summed E-state index contributed by atoms with van der Waals surface area (Å²) < 4.78 is 6.25. The number of benzene rings is 1. The van der Waals surface area contributed by atoms with Crippen LogP contribution in [0.3, 0.4) is 0 Å². The highest BCUT2D eigenvalue weighted by Gasteiger charge is 2.43. The van der Waals surface area contributed by atoms with Gasteiger partial charge in [0.25, 0.3) is 0 Å². The summed E-state index contributed by atoms with van der Waals surface area (Å²) in [5.41, 5.74) is 1.29.